The molecule has 1 aromatic rings. The maximum absolute atomic E-state index is 14.2. The first-order chi connectivity index (χ1) is 14.6. The Morgan fingerprint density at radius 1 is 0.969 bits per heavy atom. The molecule has 0 saturated heterocycles. The van der Waals surface area contributed by atoms with Crippen molar-refractivity contribution in [2.75, 3.05) is 7.11 Å². The lowest BCUT2D eigenvalue weighted by atomic mass is 10.1. The molecule has 2 rings (SSSR count). The number of benzene rings is 1. The van der Waals surface area contributed by atoms with Gasteiger partial charge in [0.25, 0.3) is 0 Å². The van der Waals surface area contributed by atoms with Crippen molar-refractivity contribution in [3.63, 3.8) is 0 Å². The van der Waals surface area contributed by atoms with Crippen molar-refractivity contribution < 1.29 is 54.5 Å². The van der Waals surface area contributed by atoms with Crippen LogP contribution in [0, 0.1) is 40.5 Å². The van der Waals surface area contributed by atoms with Gasteiger partial charge >= 0.3 is 18.3 Å². The number of hydrogen-bond acceptors (Lipinski definition) is 5. The first kappa shape index (κ1) is 25.8. The maximum atomic E-state index is 14.2. The van der Waals surface area contributed by atoms with Gasteiger partial charge in [-0.3, -0.25) is 4.79 Å². The van der Waals surface area contributed by atoms with Gasteiger partial charge in [0.15, 0.2) is 23.3 Å². The molecule has 1 aliphatic carbocycles. The molecule has 0 heterocycles. The lowest BCUT2D eigenvalue weighted by Gasteiger charge is -2.12. The number of carbonyl (C=O) groups is 2. The second-order valence-corrected chi connectivity index (χ2v) is 7.81. The normalized spacial score (nSPS) is 20.0. The van der Waals surface area contributed by atoms with Gasteiger partial charge in [0, 0.05) is 0 Å². The number of methoxy groups -OCH3 is 1. The minimum absolute atomic E-state index is 0.629. The van der Waals surface area contributed by atoms with E-state index in [2.05, 4.69) is 9.47 Å². The van der Waals surface area contributed by atoms with Crippen molar-refractivity contribution in [3.05, 3.63) is 45.5 Å². The summed E-state index contributed by atoms with van der Waals surface area (Å²) in [6, 6.07) is 0. The average Bonchev–Trinajstić information content (AvgIpc) is 3.24. The fourth-order valence-electron chi connectivity index (χ4n) is 3.09. The first-order valence-corrected chi connectivity index (χ1v) is 9.17. The molecule has 0 aromatic heterocycles. The van der Waals surface area contributed by atoms with E-state index in [1.165, 1.54) is 13.8 Å². The smallest absolute Gasteiger partial charge is 0.460 e. The van der Waals surface area contributed by atoms with Gasteiger partial charge in [-0.2, -0.15) is 13.2 Å². The summed E-state index contributed by atoms with van der Waals surface area (Å²) in [7, 11) is 0.895. The van der Waals surface area contributed by atoms with Gasteiger partial charge in [0.1, 0.15) is 18.2 Å². The Morgan fingerprint density at radius 3 is 1.81 bits per heavy atom. The standard InChI is InChI=1S/C19H16ClF7O5/c1-18(2)9(4-10(20)19(25,26)27)11(18)16(28)31-5-7-12(21)14(23)8(15(24)13(7)22)6-32-17(29)30-3/h4,9,11H,5-6H2,1-3H3/b10-4-/t9-,11-/m1/s1. The van der Waals surface area contributed by atoms with E-state index in [-0.39, 0.29) is 0 Å². The first-order valence-electron chi connectivity index (χ1n) is 8.80. The Labute approximate surface area is 182 Å². The summed E-state index contributed by atoms with van der Waals surface area (Å²) in [5.74, 6) is -10.8. The molecule has 1 fully saturated rings. The topological polar surface area (TPSA) is 61.8 Å². The Kier molecular flexibility index (Phi) is 7.38. The number of alkyl halides is 3. The SMILES string of the molecule is COC(=O)OCc1c(F)c(F)c(COC(=O)[C@H]2[C@@H](/C=C(\Cl)C(F)(F)F)C2(C)C)c(F)c1F. The summed E-state index contributed by atoms with van der Waals surface area (Å²) in [4.78, 5) is 23.1. The monoisotopic (exact) mass is 492 g/mol. The lowest BCUT2D eigenvalue weighted by molar-refractivity contribution is -0.147. The highest BCUT2D eigenvalue weighted by Crippen LogP contribution is 2.60. The number of carbonyl (C=O) groups excluding carboxylic acids is 2. The molecule has 0 unspecified atom stereocenters. The van der Waals surface area contributed by atoms with Gasteiger partial charge in [0.2, 0.25) is 0 Å². The fourth-order valence-corrected chi connectivity index (χ4v) is 3.23. The van der Waals surface area contributed by atoms with E-state index in [4.69, 9.17) is 16.3 Å². The Hall–Kier alpha value is -2.50. The van der Waals surface area contributed by atoms with Crippen LogP contribution in [0.2, 0.25) is 0 Å². The molecule has 0 aliphatic heterocycles. The summed E-state index contributed by atoms with van der Waals surface area (Å²) >= 11 is 5.17. The van der Waals surface area contributed by atoms with Crippen LogP contribution in [0.4, 0.5) is 35.5 Å². The molecule has 0 amide bonds. The summed E-state index contributed by atoms with van der Waals surface area (Å²) in [6.45, 7) is 0.468. The zero-order valence-corrected chi connectivity index (χ0v) is 17.5. The van der Waals surface area contributed by atoms with E-state index in [1.54, 1.807) is 0 Å². The van der Waals surface area contributed by atoms with Crippen LogP contribution in [0.25, 0.3) is 0 Å². The van der Waals surface area contributed by atoms with E-state index in [9.17, 15) is 40.3 Å². The van der Waals surface area contributed by atoms with E-state index in [1.807, 2.05) is 0 Å². The summed E-state index contributed by atoms with van der Waals surface area (Å²) in [6.07, 6.45) is -5.55. The predicted octanol–water partition coefficient (Wildman–Crippen LogP) is 5.53. The van der Waals surface area contributed by atoms with Crippen LogP contribution in [-0.4, -0.2) is 25.4 Å². The van der Waals surface area contributed by atoms with Gasteiger partial charge in [-0.15, -0.1) is 0 Å². The molecular weight excluding hydrogens is 477 g/mol. The van der Waals surface area contributed by atoms with Crippen LogP contribution in [0.15, 0.2) is 11.1 Å². The quantitative estimate of drug-likeness (QED) is 0.297. The third-order valence-corrected chi connectivity index (χ3v) is 5.41. The number of hydrogen-bond donors (Lipinski definition) is 0. The maximum Gasteiger partial charge on any atom is 0.508 e. The zero-order valence-electron chi connectivity index (χ0n) is 16.7. The molecule has 0 spiro atoms. The second-order valence-electron chi connectivity index (χ2n) is 7.40. The molecule has 1 aromatic carbocycles. The Bertz CT molecular complexity index is 929. The summed E-state index contributed by atoms with van der Waals surface area (Å²) in [5.41, 5.74) is -3.52. The predicted molar refractivity (Wildman–Crippen MR) is 94.0 cm³/mol. The van der Waals surface area contributed by atoms with Crippen LogP contribution in [-0.2, 0) is 32.2 Å². The fraction of sp³-hybridized carbons (Fsp3) is 0.474. The molecule has 1 saturated carbocycles. The van der Waals surface area contributed by atoms with Gasteiger partial charge in [-0.05, 0) is 11.3 Å². The molecule has 5 nitrogen and oxygen atoms in total. The molecular formula is C19H16ClF7O5. The third kappa shape index (κ3) is 5.11. The minimum atomic E-state index is -4.82. The molecule has 13 heteroatoms. The Morgan fingerprint density at radius 2 is 1.41 bits per heavy atom. The van der Waals surface area contributed by atoms with Gasteiger partial charge < -0.3 is 14.2 Å². The largest absolute Gasteiger partial charge is 0.508 e. The van der Waals surface area contributed by atoms with Crippen molar-refractivity contribution in [1.29, 1.82) is 0 Å². The zero-order chi connectivity index (χ0) is 24.6. The highest BCUT2D eigenvalue weighted by molar-refractivity contribution is 6.30. The molecule has 0 bridgehead atoms. The van der Waals surface area contributed by atoms with Crippen LogP contribution in [0.3, 0.4) is 0 Å². The minimum Gasteiger partial charge on any atom is -0.460 e. The molecule has 178 valence electrons. The molecule has 2 atom stereocenters. The highest BCUT2D eigenvalue weighted by Gasteiger charge is 2.62. The molecule has 1 aliphatic rings. The number of halogens is 8. The molecule has 0 radical (unpaired) electrons. The number of ether oxygens (including phenoxy) is 3. The summed E-state index contributed by atoms with van der Waals surface area (Å²) < 4.78 is 107. The van der Waals surface area contributed by atoms with E-state index >= 15 is 0 Å². The number of rotatable bonds is 6. The van der Waals surface area contributed by atoms with Crippen LogP contribution >= 0.6 is 11.6 Å². The molecule has 0 N–H and O–H groups in total. The highest BCUT2D eigenvalue weighted by atomic mass is 35.5. The third-order valence-electron chi connectivity index (χ3n) is 5.07. The molecule has 32 heavy (non-hydrogen) atoms. The summed E-state index contributed by atoms with van der Waals surface area (Å²) in [5, 5.41) is -1.45. The Balaban J connectivity index is 2.17. The number of allylic oxidation sites excluding steroid dienone is 2. The van der Waals surface area contributed by atoms with Crippen molar-refractivity contribution in [2.45, 2.75) is 33.2 Å². The lowest BCUT2D eigenvalue weighted by Crippen LogP contribution is -2.16. The van der Waals surface area contributed by atoms with Gasteiger partial charge in [-0.1, -0.05) is 31.5 Å². The van der Waals surface area contributed by atoms with Crippen molar-refractivity contribution in [3.8, 4) is 0 Å². The van der Waals surface area contributed by atoms with Gasteiger partial charge in [0.05, 0.1) is 24.2 Å². The number of esters is 1. The van der Waals surface area contributed by atoms with Crippen LogP contribution in [0.5, 0.6) is 0 Å². The van der Waals surface area contributed by atoms with E-state index in [0.717, 1.165) is 7.11 Å². The van der Waals surface area contributed by atoms with E-state index in [0.29, 0.717) is 6.08 Å². The van der Waals surface area contributed by atoms with E-state index < -0.39 is 88.2 Å². The van der Waals surface area contributed by atoms with Crippen LogP contribution < -0.4 is 0 Å². The van der Waals surface area contributed by atoms with Crippen LogP contribution in [0.1, 0.15) is 25.0 Å². The van der Waals surface area contributed by atoms with Crippen molar-refractivity contribution in [2.24, 2.45) is 17.3 Å². The van der Waals surface area contributed by atoms with Crippen molar-refractivity contribution in [1.82, 2.24) is 0 Å². The average molecular weight is 493 g/mol. The second kappa shape index (κ2) is 9.16. The van der Waals surface area contributed by atoms with Gasteiger partial charge in [-0.25, -0.2) is 22.4 Å². The van der Waals surface area contributed by atoms with Crippen molar-refractivity contribution >= 4 is 23.7 Å².